The van der Waals surface area contributed by atoms with E-state index in [1.807, 2.05) is 26.0 Å². The third-order valence-corrected chi connectivity index (χ3v) is 3.46. The molecule has 0 spiro atoms. The van der Waals surface area contributed by atoms with Gasteiger partial charge in [0.05, 0.1) is 0 Å². The molecule has 1 aromatic heterocycles. The lowest BCUT2D eigenvalue weighted by Gasteiger charge is -2.19. The second kappa shape index (κ2) is 4.09. The van der Waals surface area contributed by atoms with E-state index < -0.39 is 0 Å². The Balaban J connectivity index is 2.38. The summed E-state index contributed by atoms with van der Waals surface area (Å²) in [5, 5.41) is 0. The van der Waals surface area contributed by atoms with Crippen molar-refractivity contribution in [3.05, 3.63) is 58.2 Å². The highest BCUT2D eigenvalue weighted by molar-refractivity contribution is 6.27. The van der Waals surface area contributed by atoms with Gasteiger partial charge in [-0.3, -0.25) is 9.59 Å². The molecule has 19 heavy (non-hydrogen) atoms. The first kappa shape index (κ1) is 11.7. The summed E-state index contributed by atoms with van der Waals surface area (Å²) < 4.78 is 0. The van der Waals surface area contributed by atoms with Gasteiger partial charge in [-0.2, -0.15) is 0 Å². The number of carbonyl (C=O) groups excluding carboxylic acids is 2. The van der Waals surface area contributed by atoms with Crippen LogP contribution >= 0.6 is 0 Å². The molecule has 3 rings (SSSR count). The van der Waals surface area contributed by atoms with Crippen molar-refractivity contribution in [2.45, 2.75) is 20.3 Å². The van der Waals surface area contributed by atoms with Crippen molar-refractivity contribution in [1.82, 2.24) is 9.97 Å². The standard InChI is InChI=1S/C15H12N2O2/c1-3-9-5-4-8(2)10-11(9)15(19)13-12(14(10)18)16-6-7-17-13/h4-7H,3H2,1-2H3. The van der Waals surface area contributed by atoms with Crippen LogP contribution in [0.4, 0.5) is 0 Å². The maximum absolute atomic E-state index is 12.5. The van der Waals surface area contributed by atoms with Crippen molar-refractivity contribution in [3.8, 4) is 0 Å². The van der Waals surface area contributed by atoms with Crippen LogP contribution in [0.1, 0.15) is 50.2 Å². The van der Waals surface area contributed by atoms with Gasteiger partial charge in [0.15, 0.2) is 0 Å². The Morgan fingerprint density at radius 3 is 2.11 bits per heavy atom. The summed E-state index contributed by atoms with van der Waals surface area (Å²) in [5.74, 6) is -0.399. The molecule has 0 atom stereocenters. The quantitative estimate of drug-likeness (QED) is 0.665. The molecule has 0 radical (unpaired) electrons. The molecule has 0 saturated heterocycles. The van der Waals surface area contributed by atoms with E-state index in [4.69, 9.17) is 0 Å². The molecule has 1 aliphatic carbocycles. The monoisotopic (exact) mass is 252 g/mol. The minimum Gasteiger partial charge on any atom is -0.287 e. The molecule has 0 aliphatic heterocycles. The predicted molar refractivity (Wildman–Crippen MR) is 69.5 cm³/mol. The molecule has 0 amide bonds. The van der Waals surface area contributed by atoms with Gasteiger partial charge < -0.3 is 0 Å². The molecule has 0 bridgehead atoms. The average Bonchev–Trinajstić information content (AvgIpc) is 2.44. The number of ketones is 2. The lowest BCUT2D eigenvalue weighted by atomic mass is 9.83. The summed E-state index contributed by atoms with van der Waals surface area (Å²) in [7, 11) is 0. The highest BCUT2D eigenvalue weighted by Gasteiger charge is 2.34. The zero-order chi connectivity index (χ0) is 13.6. The normalized spacial score (nSPS) is 13.2. The molecule has 94 valence electrons. The number of rotatable bonds is 1. The Kier molecular flexibility index (Phi) is 2.52. The number of aryl methyl sites for hydroxylation is 2. The van der Waals surface area contributed by atoms with Gasteiger partial charge in [0.1, 0.15) is 11.4 Å². The minimum absolute atomic E-state index is 0.163. The molecule has 0 unspecified atom stereocenters. The molecule has 4 heteroatoms. The number of hydrogen-bond acceptors (Lipinski definition) is 4. The fraction of sp³-hybridized carbons (Fsp3) is 0.200. The lowest BCUT2D eigenvalue weighted by molar-refractivity contribution is 0.0970. The summed E-state index contributed by atoms with van der Waals surface area (Å²) in [6, 6.07) is 3.78. The van der Waals surface area contributed by atoms with Crippen LogP contribution in [-0.4, -0.2) is 21.5 Å². The van der Waals surface area contributed by atoms with Gasteiger partial charge in [0.2, 0.25) is 11.6 Å². The summed E-state index contributed by atoms with van der Waals surface area (Å²) in [6.07, 6.45) is 3.58. The van der Waals surface area contributed by atoms with E-state index in [9.17, 15) is 9.59 Å². The Hall–Kier alpha value is -2.36. The van der Waals surface area contributed by atoms with Gasteiger partial charge in [0.25, 0.3) is 0 Å². The maximum Gasteiger partial charge on any atom is 0.214 e. The van der Waals surface area contributed by atoms with Crippen LogP contribution < -0.4 is 0 Å². The summed E-state index contributed by atoms with van der Waals surface area (Å²) in [4.78, 5) is 33.1. The molecule has 0 saturated carbocycles. The van der Waals surface area contributed by atoms with Gasteiger partial charge in [0, 0.05) is 23.5 Å². The fourth-order valence-electron chi connectivity index (χ4n) is 2.50. The molecule has 1 heterocycles. The van der Waals surface area contributed by atoms with E-state index in [0.717, 1.165) is 11.1 Å². The van der Waals surface area contributed by atoms with E-state index >= 15 is 0 Å². The van der Waals surface area contributed by atoms with Crippen LogP contribution in [-0.2, 0) is 6.42 Å². The number of carbonyl (C=O) groups is 2. The van der Waals surface area contributed by atoms with Crippen molar-refractivity contribution >= 4 is 11.6 Å². The van der Waals surface area contributed by atoms with Crippen molar-refractivity contribution < 1.29 is 9.59 Å². The van der Waals surface area contributed by atoms with Crippen molar-refractivity contribution in [2.24, 2.45) is 0 Å². The predicted octanol–water partition coefficient (Wildman–Crippen LogP) is 2.12. The zero-order valence-corrected chi connectivity index (χ0v) is 10.7. The van der Waals surface area contributed by atoms with Crippen LogP contribution in [0, 0.1) is 6.92 Å². The topological polar surface area (TPSA) is 59.9 Å². The second-order valence-electron chi connectivity index (χ2n) is 4.56. The number of aromatic nitrogens is 2. The van der Waals surface area contributed by atoms with Gasteiger partial charge in [-0.15, -0.1) is 0 Å². The van der Waals surface area contributed by atoms with Crippen LogP contribution in [0.25, 0.3) is 0 Å². The van der Waals surface area contributed by atoms with Gasteiger partial charge in [-0.05, 0) is 24.5 Å². The van der Waals surface area contributed by atoms with Gasteiger partial charge in [-0.25, -0.2) is 9.97 Å². The first-order chi connectivity index (χ1) is 9.15. The molecule has 0 N–H and O–H groups in total. The van der Waals surface area contributed by atoms with Gasteiger partial charge >= 0.3 is 0 Å². The van der Waals surface area contributed by atoms with Crippen molar-refractivity contribution in [2.75, 3.05) is 0 Å². The minimum atomic E-state index is -0.203. The molecular formula is C15H12N2O2. The highest BCUT2D eigenvalue weighted by Crippen LogP contribution is 2.29. The summed E-state index contributed by atoms with van der Waals surface area (Å²) in [5.41, 5.74) is 3.01. The van der Waals surface area contributed by atoms with Crippen molar-refractivity contribution in [1.29, 1.82) is 0 Å². The third kappa shape index (κ3) is 1.53. The molecule has 2 aromatic rings. The SMILES string of the molecule is CCc1ccc(C)c2c1C(=O)c1nccnc1C2=O. The molecule has 0 fully saturated rings. The Morgan fingerprint density at radius 1 is 0.947 bits per heavy atom. The number of fused-ring (bicyclic) bond motifs is 2. The number of nitrogens with zero attached hydrogens (tertiary/aromatic N) is 2. The molecule has 1 aromatic carbocycles. The smallest absolute Gasteiger partial charge is 0.214 e. The molecular weight excluding hydrogens is 240 g/mol. The van der Waals surface area contributed by atoms with E-state index in [1.54, 1.807) is 0 Å². The fourth-order valence-corrected chi connectivity index (χ4v) is 2.50. The molecule has 1 aliphatic rings. The largest absolute Gasteiger partial charge is 0.287 e. The summed E-state index contributed by atoms with van der Waals surface area (Å²) in [6.45, 7) is 3.81. The maximum atomic E-state index is 12.5. The van der Waals surface area contributed by atoms with Crippen LogP contribution in [0.15, 0.2) is 24.5 Å². The highest BCUT2D eigenvalue weighted by atomic mass is 16.1. The Labute approximate surface area is 110 Å². The first-order valence-corrected chi connectivity index (χ1v) is 6.18. The molecule has 4 nitrogen and oxygen atoms in total. The average molecular weight is 252 g/mol. The Morgan fingerprint density at radius 2 is 1.53 bits per heavy atom. The number of hydrogen-bond donors (Lipinski definition) is 0. The first-order valence-electron chi connectivity index (χ1n) is 6.18. The van der Waals surface area contributed by atoms with Crippen LogP contribution in [0.2, 0.25) is 0 Å². The van der Waals surface area contributed by atoms with Gasteiger partial charge in [-0.1, -0.05) is 19.1 Å². The van der Waals surface area contributed by atoms with E-state index in [-0.39, 0.29) is 23.0 Å². The Bertz CT molecular complexity index is 720. The van der Waals surface area contributed by atoms with E-state index in [0.29, 0.717) is 17.5 Å². The summed E-state index contributed by atoms with van der Waals surface area (Å²) >= 11 is 0. The van der Waals surface area contributed by atoms with Crippen LogP contribution in [0.5, 0.6) is 0 Å². The van der Waals surface area contributed by atoms with Crippen LogP contribution in [0.3, 0.4) is 0 Å². The second-order valence-corrected chi connectivity index (χ2v) is 4.56. The van der Waals surface area contributed by atoms with E-state index in [2.05, 4.69) is 9.97 Å². The third-order valence-electron chi connectivity index (χ3n) is 3.46. The van der Waals surface area contributed by atoms with E-state index in [1.165, 1.54) is 12.4 Å². The van der Waals surface area contributed by atoms with Crippen molar-refractivity contribution in [3.63, 3.8) is 0 Å². The lowest BCUT2D eigenvalue weighted by Crippen LogP contribution is -2.26. The number of benzene rings is 1. The zero-order valence-electron chi connectivity index (χ0n) is 10.7.